The molecule has 3 aromatic rings. The Kier molecular flexibility index (Phi) is 6.22. The van der Waals surface area contributed by atoms with Gasteiger partial charge in [0.05, 0.1) is 32.0 Å². The maximum absolute atomic E-state index is 13.2. The predicted molar refractivity (Wildman–Crippen MR) is 113 cm³/mol. The highest BCUT2D eigenvalue weighted by Gasteiger charge is 2.22. The number of aromatic nitrogens is 2. The van der Waals surface area contributed by atoms with Crippen molar-refractivity contribution < 1.29 is 19.0 Å². The third kappa shape index (κ3) is 3.98. The van der Waals surface area contributed by atoms with Gasteiger partial charge in [0.15, 0.2) is 11.5 Å². The molecule has 0 bridgehead atoms. The minimum Gasteiger partial charge on any atom is -0.493 e. The molecule has 0 amide bonds. The van der Waals surface area contributed by atoms with Crippen LogP contribution in [0.4, 0.5) is 0 Å². The molecule has 2 heterocycles. The van der Waals surface area contributed by atoms with Crippen LogP contribution in [-0.2, 0) is 9.53 Å². The van der Waals surface area contributed by atoms with E-state index >= 15 is 0 Å². The lowest BCUT2D eigenvalue weighted by molar-refractivity contribution is -0.152. The third-order valence-corrected chi connectivity index (χ3v) is 5.75. The molecule has 0 aliphatic rings. The van der Waals surface area contributed by atoms with E-state index in [4.69, 9.17) is 14.2 Å². The highest BCUT2D eigenvalue weighted by molar-refractivity contribution is 7.17. The molecule has 8 heteroatoms. The van der Waals surface area contributed by atoms with Crippen molar-refractivity contribution in [2.75, 3.05) is 14.2 Å². The van der Waals surface area contributed by atoms with Crippen LogP contribution in [0, 0.1) is 0 Å². The molecule has 0 fully saturated rings. The zero-order chi connectivity index (χ0) is 21.1. The van der Waals surface area contributed by atoms with Gasteiger partial charge in [-0.05, 0) is 38.0 Å². The van der Waals surface area contributed by atoms with Gasteiger partial charge in [0.25, 0.3) is 5.56 Å². The van der Waals surface area contributed by atoms with E-state index in [0.717, 1.165) is 11.1 Å². The second kappa shape index (κ2) is 8.65. The van der Waals surface area contributed by atoms with Crippen LogP contribution in [0.2, 0.25) is 0 Å². The lowest BCUT2D eigenvalue weighted by Crippen LogP contribution is -2.31. The normalized spacial score (nSPS) is 13.1. The zero-order valence-corrected chi connectivity index (χ0v) is 17.9. The van der Waals surface area contributed by atoms with Crippen molar-refractivity contribution >= 4 is 27.5 Å². The van der Waals surface area contributed by atoms with Crippen molar-refractivity contribution in [1.82, 2.24) is 9.55 Å². The summed E-state index contributed by atoms with van der Waals surface area (Å²) in [6.45, 7) is 5.40. The van der Waals surface area contributed by atoms with Gasteiger partial charge in [-0.15, -0.1) is 11.3 Å². The quantitative estimate of drug-likeness (QED) is 0.541. The number of hydrogen-bond donors (Lipinski definition) is 0. The molecule has 0 radical (unpaired) electrons. The number of hydrogen-bond acceptors (Lipinski definition) is 7. The molecule has 0 aliphatic heterocycles. The zero-order valence-electron chi connectivity index (χ0n) is 17.1. The molecule has 154 valence electrons. The SMILES string of the molecule is CC[C@H](C)OC(=O)[C@@H](C)n1cnc2scc(-c3ccc(OC)c(OC)c3)c2c1=O. The van der Waals surface area contributed by atoms with Gasteiger partial charge >= 0.3 is 5.97 Å². The van der Waals surface area contributed by atoms with E-state index in [1.165, 1.54) is 22.2 Å². The highest BCUT2D eigenvalue weighted by Crippen LogP contribution is 2.36. The van der Waals surface area contributed by atoms with Crippen LogP contribution in [0.15, 0.2) is 34.7 Å². The summed E-state index contributed by atoms with van der Waals surface area (Å²) in [7, 11) is 3.13. The standard InChI is InChI=1S/C21H24N2O5S/c1-6-12(2)28-21(25)13(3)23-11-22-19-18(20(23)24)15(10-29-19)14-7-8-16(26-4)17(9-14)27-5/h7-13H,6H2,1-5H3/t12-,13+/m0/s1. The van der Waals surface area contributed by atoms with E-state index in [1.807, 2.05) is 31.4 Å². The molecule has 0 saturated carbocycles. The van der Waals surface area contributed by atoms with Crippen LogP contribution >= 0.6 is 11.3 Å². The number of carbonyl (C=O) groups excluding carboxylic acids is 1. The second-order valence-corrected chi connectivity index (χ2v) is 7.55. The summed E-state index contributed by atoms with van der Waals surface area (Å²) in [5.41, 5.74) is 1.26. The molecule has 0 saturated heterocycles. The van der Waals surface area contributed by atoms with E-state index in [9.17, 15) is 9.59 Å². The molecule has 3 rings (SSSR count). The van der Waals surface area contributed by atoms with Gasteiger partial charge in [-0.25, -0.2) is 9.78 Å². The first-order chi connectivity index (χ1) is 13.9. The minimum absolute atomic E-state index is 0.208. The predicted octanol–water partition coefficient (Wildman–Crippen LogP) is 4.04. The molecule has 0 spiro atoms. The minimum atomic E-state index is -0.772. The molecular weight excluding hydrogens is 392 g/mol. The van der Waals surface area contributed by atoms with Gasteiger partial charge in [-0.1, -0.05) is 13.0 Å². The van der Waals surface area contributed by atoms with Crippen LogP contribution in [0.1, 0.15) is 33.2 Å². The van der Waals surface area contributed by atoms with Crippen LogP contribution < -0.4 is 15.0 Å². The Hall–Kier alpha value is -2.87. The van der Waals surface area contributed by atoms with Crippen molar-refractivity contribution in [2.24, 2.45) is 0 Å². The Bertz CT molecular complexity index is 1090. The lowest BCUT2D eigenvalue weighted by Gasteiger charge is -2.17. The summed E-state index contributed by atoms with van der Waals surface area (Å²) < 4.78 is 17.4. The number of methoxy groups -OCH3 is 2. The second-order valence-electron chi connectivity index (χ2n) is 6.69. The lowest BCUT2D eigenvalue weighted by atomic mass is 10.1. The van der Waals surface area contributed by atoms with Crippen molar-refractivity contribution in [3.8, 4) is 22.6 Å². The number of rotatable bonds is 7. The first-order valence-corrected chi connectivity index (χ1v) is 10.2. The fourth-order valence-corrected chi connectivity index (χ4v) is 3.84. The van der Waals surface area contributed by atoms with Crippen molar-refractivity contribution in [1.29, 1.82) is 0 Å². The summed E-state index contributed by atoms with van der Waals surface area (Å²) in [6.07, 6.45) is 1.90. The van der Waals surface area contributed by atoms with Gasteiger partial charge < -0.3 is 14.2 Å². The molecule has 29 heavy (non-hydrogen) atoms. The molecule has 2 atom stereocenters. The van der Waals surface area contributed by atoms with Crippen LogP contribution in [0.5, 0.6) is 11.5 Å². The number of thiophene rings is 1. The number of benzene rings is 1. The Morgan fingerprint density at radius 1 is 1.21 bits per heavy atom. The first kappa shape index (κ1) is 20.9. The van der Waals surface area contributed by atoms with Gasteiger partial charge in [0.2, 0.25) is 0 Å². The van der Waals surface area contributed by atoms with Gasteiger partial charge in [0.1, 0.15) is 10.9 Å². The van der Waals surface area contributed by atoms with E-state index < -0.39 is 12.0 Å². The monoisotopic (exact) mass is 416 g/mol. The van der Waals surface area contributed by atoms with Gasteiger partial charge in [-0.3, -0.25) is 9.36 Å². The Morgan fingerprint density at radius 2 is 1.93 bits per heavy atom. The number of carbonyl (C=O) groups is 1. The fourth-order valence-electron chi connectivity index (χ4n) is 2.93. The molecule has 7 nitrogen and oxygen atoms in total. The van der Waals surface area contributed by atoms with E-state index in [2.05, 4.69) is 4.98 Å². The van der Waals surface area contributed by atoms with E-state index in [0.29, 0.717) is 28.1 Å². The summed E-state index contributed by atoms with van der Waals surface area (Å²) in [5, 5.41) is 2.35. The maximum Gasteiger partial charge on any atom is 0.329 e. The summed E-state index contributed by atoms with van der Waals surface area (Å²) in [4.78, 5) is 30.6. The highest BCUT2D eigenvalue weighted by atomic mass is 32.1. The summed E-state index contributed by atoms with van der Waals surface area (Å²) in [5.74, 6) is 0.720. The van der Waals surface area contributed by atoms with Crippen LogP contribution in [-0.4, -0.2) is 35.8 Å². The largest absolute Gasteiger partial charge is 0.493 e. The van der Waals surface area contributed by atoms with E-state index in [-0.39, 0.29) is 11.7 Å². The van der Waals surface area contributed by atoms with E-state index in [1.54, 1.807) is 27.2 Å². The fraction of sp³-hybridized carbons (Fsp3) is 0.381. The van der Waals surface area contributed by atoms with Crippen molar-refractivity contribution in [3.63, 3.8) is 0 Å². The van der Waals surface area contributed by atoms with Crippen LogP contribution in [0.25, 0.3) is 21.3 Å². The Labute approximate surface area is 172 Å². The number of ether oxygens (including phenoxy) is 3. The van der Waals surface area contributed by atoms with Crippen LogP contribution in [0.3, 0.4) is 0 Å². The van der Waals surface area contributed by atoms with Crippen molar-refractivity contribution in [2.45, 2.75) is 39.3 Å². The molecule has 1 aromatic carbocycles. The first-order valence-electron chi connectivity index (χ1n) is 9.32. The molecule has 0 N–H and O–H groups in total. The van der Waals surface area contributed by atoms with Crippen molar-refractivity contribution in [3.05, 3.63) is 40.3 Å². The molecular formula is C21H24N2O5S. The third-order valence-electron chi connectivity index (χ3n) is 4.86. The molecule has 0 aliphatic carbocycles. The maximum atomic E-state index is 13.2. The average molecular weight is 416 g/mol. The summed E-state index contributed by atoms with van der Waals surface area (Å²) >= 11 is 1.38. The Morgan fingerprint density at radius 3 is 2.59 bits per heavy atom. The number of nitrogens with zero attached hydrogens (tertiary/aromatic N) is 2. The average Bonchev–Trinajstić information content (AvgIpc) is 3.17. The molecule has 0 unspecified atom stereocenters. The number of esters is 1. The number of fused-ring (bicyclic) bond motifs is 1. The van der Waals surface area contributed by atoms with Gasteiger partial charge in [-0.2, -0.15) is 0 Å². The smallest absolute Gasteiger partial charge is 0.329 e. The summed E-state index contributed by atoms with van der Waals surface area (Å²) in [6, 6.07) is 4.70. The Balaban J connectivity index is 2.08. The molecule has 2 aromatic heterocycles. The van der Waals surface area contributed by atoms with Gasteiger partial charge in [0, 0.05) is 10.9 Å². The topological polar surface area (TPSA) is 79.7 Å².